The number of hydrogen-bond acceptors (Lipinski definition) is 2. The molecule has 120 valence electrons. The number of benzene rings is 2. The molecule has 0 fully saturated rings. The van der Waals surface area contributed by atoms with Gasteiger partial charge in [0.05, 0.1) is 17.6 Å². The SMILES string of the molecule is CC(C)c1cccc(C(C)C)c1NCc1nc2ccccc2[nH]1. The van der Waals surface area contributed by atoms with Crippen LogP contribution in [0.15, 0.2) is 42.5 Å². The number of H-pyrrole nitrogens is 1. The summed E-state index contributed by atoms with van der Waals surface area (Å²) in [6, 6.07) is 14.8. The van der Waals surface area contributed by atoms with Crippen molar-refractivity contribution in [2.75, 3.05) is 5.32 Å². The molecule has 2 aromatic carbocycles. The van der Waals surface area contributed by atoms with Gasteiger partial charge in [-0.1, -0.05) is 58.0 Å². The topological polar surface area (TPSA) is 40.7 Å². The lowest BCUT2D eigenvalue weighted by Crippen LogP contribution is -2.08. The number of para-hydroxylation sites is 3. The molecule has 0 radical (unpaired) electrons. The molecular formula is C20H25N3. The van der Waals surface area contributed by atoms with E-state index in [2.05, 4.69) is 67.2 Å². The predicted molar refractivity (Wildman–Crippen MR) is 98.0 cm³/mol. The molecule has 1 aromatic heterocycles. The van der Waals surface area contributed by atoms with E-state index in [9.17, 15) is 0 Å². The molecule has 0 amide bonds. The third-order valence-corrected chi connectivity index (χ3v) is 4.24. The van der Waals surface area contributed by atoms with Crippen molar-refractivity contribution in [2.24, 2.45) is 0 Å². The molecule has 0 saturated heterocycles. The second kappa shape index (κ2) is 6.45. The summed E-state index contributed by atoms with van der Waals surface area (Å²) in [5.74, 6) is 1.96. The quantitative estimate of drug-likeness (QED) is 0.660. The monoisotopic (exact) mass is 307 g/mol. The van der Waals surface area contributed by atoms with Crippen LogP contribution in [0.3, 0.4) is 0 Å². The zero-order valence-corrected chi connectivity index (χ0v) is 14.4. The molecule has 0 spiro atoms. The molecule has 0 saturated carbocycles. The minimum Gasteiger partial charge on any atom is -0.377 e. The number of hydrogen-bond donors (Lipinski definition) is 2. The molecular weight excluding hydrogens is 282 g/mol. The average molecular weight is 307 g/mol. The van der Waals surface area contributed by atoms with Crippen LogP contribution in [0.1, 0.15) is 56.5 Å². The van der Waals surface area contributed by atoms with Gasteiger partial charge in [0.1, 0.15) is 5.82 Å². The van der Waals surface area contributed by atoms with Gasteiger partial charge in [0, 0.05) is 5.69 Å². The lowest BCUT2D eigenvalue weighted by molar-refractivity contribution is 0.830. The van der Waals surface area contributed by atoms with Gasteiger partial charge in [-0.25, -0.2) is 4.98 Å². The summed E-state index contributed by atoms with van der Waals surface area (Å²) in [4.78, 5) is 8.05. The number of fused-ring (bicyclic) bond motifs is 1. The standard InChI is InChI=1S/C20H25N3/c1-13(2)15-8-7-9-16(14(3)4)20(15)21-12-19-22-17-10-5-6-11-18(17)23-19/h5-11,13-14,21H,12H2,1-4H3,(H,22,23). The summed E-state index contributed by atoms with van der Waals surface area (Å²) < 4.78 is 0. The molecule has 1 heterocycles. The first-order chi connectivity index (χ1) is 11.1. The Morgan fingerprint density at radius 1 is 0.913 bits per heavy atom. The van der Waals surface area contributed by atoms with Gasteiger partial charge >= 0.3 is 0 Å². The van der Waals surface area contributed by atoms with E-state index in [0.29, 0.717) is 18.4 Å². The van der Waals surface area contributed by atoms with Crippen LogP contribution in [-0.4, -0.2) is 9.97 Å². The van der Waals surface area contributed by atoms with Crippen LogP contribution < -0.4 is 5.32 Å². The molecule has 3 nitrogen and oxygen atoms in total. The Bertz CT molecular complexity index is 740. The highest BCUT2D eigenvalue weighted by Gasteiger charge is 2.14. The molecule has 2 N–H and O–H groups in total. The second-order valence-electron chi connectivity index (χ2n) is 6.68. The van der Waals surface area contributed by atoms with Crippen LogP contribution in [0.25, 0.3) is 11.0 Å². The van der Waals surface area contributed by atoms with Crippen LogP contribution in [0.4, 0.5) is 5.69 Å². The van der Waals surface area contributed by atoms with Gasteiger partial charge in [-0.2, -0.15) is 0 Å². The summed E-state index contributed by atoms with van der Waals surface area (Å²) in [6.07, 6.45) is 0. The summed E-state index contributed by atoms with van der Waals surface area (Å²) >= 11 is 0. The van der Waals surface area contributed by atoms with Crippen LogP contribution in [0.2, 0.25) is 0 Å². The normalized spacial score (nSPS) is 11.6. The van der Waals surface area contributed by atoms with E-state index >= 15 is 0 Å². The lowest BCUT2D eigenvalue weighted by atomic mass is 9.92. The molecule has 3 aromatic rings. The van der Waals surface area contributed by atoms with Crippen molar-refractivity contribution in [3.63, 3.8) is 0 Å². The molecule has 0 aliphatic rings. The number of anilines is 1. The van der Waals surface area contributed by atoms with Crippen molar-refractivity contribution in [3.8, 4) is 0 Å². The molecule has 23 heavy (non-hydrogen) atoms. The van der Waals surface area contributed by atoms with Gasteiger partial charge in [0.2, 0.25) is 0 Å². The van der Waals surface area contributed by atoms with E-state index in [1.54, 1.807) is 0 Å². The van der Waals surface area contributed by atoms with Crippen molar-refractivity contribution in [3.05, 3.63) is 59.4 Å². The van der Waals surface area contributed by atoms with Crippen LogP contribution in [-0.2, 0) is 6.54 Å². The highest BCUT2D eigenvalue weighted by atomic mass is 15.0. The maximum Gasteiger partial charge on any atom is 0.126 e. The number of rotatable bonds is 5. The highest BCUT2D eigenvalue weighted by Crippen LogP contribution is 2.32. The fourth-order valence-corrected chi connectivity index (χ4v) is 3.02. The Morgan fingerprint density at radius 2 is 1.57 bits per heavy atom. The van der Waals surface area contributed by atoms with Crippen molar-refractivity contribution in [1.29, 1.82) is 0 Å². The number of imidazole rings is 1. The third-order valence-electron chi connectivity index (χ3n) is 4.24. The molecule has 0 aliphatic carbocycles. The first kappa shape index (κ1) is 15.6. The molecule has 0 unspecified atom stereocenters. The minimum absolute atomic E-state index is 0.492. The summed E-state index contributed by atoms with van der Waals surface area (Å²) in [6.45, 7) is 9.67. The van der Waals surface area contributed by atoms with E-state index < -0.39 is 0 Å². The van der Waals surface area contributed by atoms with Crippen molar-refractivity contribution in [2.45, 2.75) is 46.1 Å². The Morgan fingerprint density at radius 3 is 2.17 bits per heavy atom. The minimum atomic E-state index is 0.492. The molecule has 0 aliphatic heterocycles. The maximum absolute atomic E-state index is 4.66. The molecule has 0 atom stereocenters. The lowest BCUT2D eigenvalue weighted by Gasteiger charge is -2.20. The first-order valence-corrected chi connectivity index (χ1v) is 8.36. The van der Waals surface area contributed by atoms with E-state index in [-0.39, 0.29) is 0 Å². The smallest absolute Gasteiger partial charge is 0.126 e. The average Bonchev–Trinajstić information content (AvgIpc) is 2.95. The Kier molecular flexibility index (Phi) is 4.37. The number of nitrogens with one attached hydrogen (secondary N) is 2. The van der Waals surface area contributed by atoms with Gasteiger partial charge < -0.3 is 10.3 Å². The first-order valence-electron chi connectivity index (χ1n) is 8.36. The van der Waals surface area contributed by atoms with Gasteiger partial charge in [0.25, 0.3) is 0 Å². The maximum atomic E-state index is 4.66. The van der Waals surface area contributed by atoms with E-state index in [1.165, 1.54) is 16.8 Å². The van der Waals surface area contributed by atoms with Crippen LogP contribution >= 0.6 is 0 Å². The Hall–Kier alpha value is -2.29. The summed E-state index contributed by atoms with van der Waals surface area (Å²) in [7, 11) is 0. The molecule has 3 rings (SSSR count). The number of nitrogens with zero attached hydrogens (tertiary/aromatic N) is 1. The molecule has 3 heteroatoms. The van der Waals surface area contributed by atoms with E-state index in [4.69, 9.17) is 0 Å². The van der Waals surface area contributed by atoms with Crippen molar-refractivity contribution < 1.29 is 0 Å². The largest absolute Gasteiger partial charge is 0.377 e. The highest BCUT2D eigenvalue weighted by molar-refractivity contribution is 5.74. The van der Waals surface area contributed by atoms with Crippen LogP contribution in [0.5, 0.6) is 0 Å². The van der Waals surface area contributed by atoms with E-state index in [0.717, 1.165) is 16.9 Å². The predicted octanol–water partition coefficient (Wildman–Crippen LogP) is 5.42. The molecule has 0 bridgehead atoms. The van der Waals surface area contributed by atoms with Crippen LogP contribution in [0, 0.1) is 0 Å². The Labute approximate surface area is 138 Å². The second-order valence-corrected chi connectivity index (χ2v) is 6.68. The Balaban J connectivity index is 1.89. The summed E-state index contributed by atoms with van der Waals surface area (Å²) in [5, 5.41) is 3.63. The summed E-state index contributed by atoms with van der Waals surface area (Å²) in [5.41, 5.74) is 6.11. The zero-order valence-electron chi connectivity index (χ0n) is 14.4. The van der Waals surface area contributed by atoms with E-state index in [1.807, 2.05) is 18.2 Å². The van der Waals surface area contributed by atoms with Crippen molar-refractivity contribution in [1.82, 2.24) is 9.97 Å². The van der Waals surface area contributed by atoms with Gasteiger partial charge in [-0.3, -0.25) is 0 Å². The van der Waals surface area contributed by atoms with Gasteiger partial charge in [-0.15, -0.1) is 0 Å². The third kappa shape index (κ3) is 3.24. The van der Waals surface area contributed by atoms with Crippen molar-refractivity contribution >= 4 is 16.7 Å². The number of aromatic amines is 1. The van der Waals surface area contributed by atoms with Gasteiger partial charge in [0.15, 0.2) is 0 Å². The fraction of sp³-hybridized carbons (Fsp3) is 0.350. The van der Waals surface area contributed by atoms with Gasteiger partial charge in [-0.05, 0) is 35.1 Å². The zero-order chi connectivity index (χ0) is 16.4. The fourth-order valence-electron chi connectivity index (χ4n) is 3.02. The number of aromatic nitrogens is 2.